The molecule has 1 aromatic heterocycles. The van der Waals surface area contributed by atoms with Gasteiger partial charge in [0.15, 0.2) is 0 Å². The molecular formula is C16H28N4. The van der Waals surface area contributed by atoms with E-state index in [-0.39, 0.29) is 0 Å². The molecule has 3 rings (SSSR count). The summed E-state index contributed by atoms with van der Waals surface area (Å²) in [6.07, 6.45) is 11.2. The molecule has 1 N–H and O–H groups in total. The molecule has 1 unspecified atom stereocenters. The van der Waals surface area contributed by atoms with Crippen LogP contribution in [0, 0.1) is 12.8 Å². The number of nitrogens with zero attached hydrogens (tertiary/aromatic N) is 3. The summed E-state index contributed by atoms with van der Waals surface area (Å²) in [7, 11) is 0. The largest absolute Gasteiger partial charge is 0.334 e. The smallest absolute Gasteiger partial charge is 0.105 e. The summed E-state index contributed by atoms with van der Waals surface area (Å²) in [5, 5.41) is 3.61. The van der Waals surface area contributed by atoms with Gasteiger partial charge in [0.25, 0.3) is 0 Å². The van der Waals surface area contributed by atoms with Gasteiger partial charge in [0, 0.05) is 51.2 Å². The molecule has 1 aliphatic heterocycles. The number of hydrogen-bond donors (Lipinski definition) is 1. The Labute approximate surface area is 122 Å². The van der Waals surface area contributed by atoms with E-state index in [0.717, 1.165) is 30.9 Å². The van der Waals surface area contributed by atoms with E-state index in [0.29, 0.717) is 0 Å². The van der Waals surface area contributed by atoms with E-state index < -0.39 is 0 Å². The van der Waals surface area contributed by atoms with Gasteiger partial charge in [-0.2, -0.15) is 0 Å². The maximum absolute atomic E-state index is 4.32. The molecule has 112 valence electrons. The van der Waals surface area contributed by atoms with Gasteiger partial charge >= 0.3 is 0 Å². The minimum atomic E-state index is 0.757. The molecule has 0 radical (unpaired) electrons. The molecule has 0 aromatic carbocycles. The molecule has 0 bridgehead atoms. The fraction of sp³-hybridized carbons (Fsp3) is 0.812. The summed E-state index contributed by atoms with van der Waals surface area (Å²) in [4.78, 5) is 7.05. The van der Waals surface area contributed by atoms with Crippen molar-refractivity contribution in [2.75, 3.05) is 26.2 Å². The second kappa shape index (κ2) is 6.72. The summed E-state index contributed by atoms with van der Waals surface area (Å²) < 4.78 is 2.28. The molecule has 4 heteroatoms. The van der Waals surface area contributed by atoms with E-state index in [4.69, 9.17) is 0 Å². The van der Waals surface area contributed by atoms with Crippen molar-refractivity contribution in [3.8, 4) is 0 Å². The first-order valence-electron chi connectivity index (χ1n) is 8.27. The van der Waals surface area contributed by atoms with Crippen LogP contribution in [0.3, 0.4) is 0 Å². The third kappa shape index (κ3) is 3.23. The second-order valence-corrected chi connectivity index (χ2v) is 6.37. The van der Waals surface area contributed by atoms with Crippen molar-refractivity contribution in [2.24, 2.45) is 5.92 Å². The summed E-state index contributed by atoms with van der Waals surface area (Å²) in [5.74, 6) is 2.05. The van der Waals surface area contributed by atoms with Gasteiger partial charge < -0.3 is 9.88 Å². The molecule has 1 aromatic rings. The minimum Gasteiger partial charge on any atom is -0.334 e. The van der Waals surface area contributed by atoms with Gasteiger partial charge in [-0.05, 0) is 25.7 Å². The zero-order valence-corrected chi connectivity index (χ0v) is 12.7. The number of nitrogens with one attached hydrogen (secondary N) is 1. The average Bonchev–Trinajstić information content (AvgIpc) is 2.92. The van der Waals surface area contributed by atoms with Crippen molar-refractivity contribution in [2.45, 2.75) is 51.6 Å². The molecular weight excluding hydrogens is 248 g/mol. The Balaban J connectivity index is 1.58. The van der Waals surface area contributed by atoms with E-state index >= 15 is 0 Å². The fourth-order valence-electron chi connectivity index (χ4n) is 3.91. The number of imidazole rings is 1. The van der Waals surface area contributed by atoms with Crippen molar-refractivity contribution >= 4 is 0 Å². The number of piperazine rings is 1. The molecule has 2 heterocycles. The molecule has 20 heavy (non-hydrogen) atoms. The third-order valence-corrected chi connectivity index (χ3v) is 5.14. The van der Waals surface area contributed by atoms with Crippen LogP contribution < -0.4 is 5.32 Å². The van der Waals surface area contributed by atoms with Crippen LogP contribution in [0.25, 0.3) is 0 Å². The highest BCUT2D eigenvalue weighted by molar-refractivity contribution is 4.90. The van der Waals surface area contributed by atoms with E-state index in [9.17, 15) is 0 Å². The van der Waals surface area contributed by atoms with Crippen molar-refractivity contribution in [3.05, 3.63) is 18.2 Å². The molecule has 1 saturated carbocycles. The first kappa shape index (κ1) is 14.1. The summed E-state index contributed by atoms with van der Waals surface area (Å²) in [6, 6.07) is 0.757. The Bertz CT molecular complexity index is 408. The normalized spacial score (nSPS) is 25.9. The van der Waals surface area contributed by atoms with E-state index in [2.05, 4.69) is 32.9 Å². The lowest BCUT2D eigenvalue weighted by Crippen LogP contribution is -2.55. The monoisotopic (exact) mass is 276 g/mol. The van der Waals surface area contributed by atoms with Crippen LogP contribution in [-0.4, -0.2) is 46.7 Å². The zero-order chi connectivity index (χ0) is 13.8. The molecule has 1 aliphatic carbocycles. The molecule has 0 spiro atoms. The first-order valence-corrected chi connectivity index (χ1v) is 8.27. The Hall–Kier alpha value is -0.870. The van der Waals surface area contributed by atoms with Gasteiger partial charge in [0.2, 0.25) is 0 Å². The summed E-state index contributed by atoms with van der Waals surface area (Å²) in [5.41, 5.74) is 0. The third-order valence-electron chi connectivity index (χ3n) is 5.14. The highest BCUT2D eigenvalue weighted by Crippen LogP contribution is 2.29. The molecule has 4 nitrogen and oxygen atoms in total. The van der Waals surface area contributed by atoms with Crippen LogP contribution >= 0.6 is 0 Å². The number of aryl methyl sites for hydroxylation is 1. The van der Waals surface area contributed by atoms with Crippen molar-refractivity contribution < 1.29 is 0 Å². The van der Waals surface area contributed by atoms with Gasteiger partial charge in [0.05, 0.1) is 0 Å². The second-order valence-electron chi connectivity index (χ2n) is 6.37. The molecule has 0 amide bonds. The summed E-state index contributed by atoms with van der Waals surface area (Å²) in [6.45, 7) is 7.88. The minimum absolute atomic E-state index is 0.757. The topological polar surface area (TPSA) is 33.1 Å². The van der Waals surface area contributed by atoms with Gasteiger partial charge in [-0.15, -0.1) is 0 Å². The first-order chi connectivity index (χ1) is 9.84. The van der Waals surface area contributed by atoms with Gasteiger partial charge in [0.1, 0.15) is 5.82 Å². The quantitative estimate of drug-likeness (QED) is 0.913. The number of hydrogen-bond acceptors (Lipinski definition) is 3. The molecule has 2 aliphatic rings. The molecule has 2 fully saturated rings. The van der Waals surface area contributed by atoms with Crippen molar-refractivity contribution in [1.82, 2.24) is 19.8 Å². The predicted octanol–water partition coefficient (Wildman–Crippen LogP) is 2.05. The van der Waals surface area contributed by atoms with Crippen LogP contribution in [0.15, 0.2) is 12.4 Å². The highest BCUT2D eigenvalue weighted by atomic mass is 15.2. The van der Waals surface area contributed by atoms with Gasteiger partial charge in [-0.3, -0.25) is 4.90 Å². The van der Waals surface area contributed by atoms with Gasteiger partial charge in [-0.25, -0.2) is 4.98 Å². The molecule has 1 atom stereocenters. The van der Waals surface area contributed by atoms with E-state index in [1.807, 2.05) is 6.20 Å². The lowest BCUT2D eigenvalue weighted by atomic mass is 9.82. The number of aromatic nitrogens is 2. The van der Waals surface area contributed by atoms with Crippen LogP contribution in [0.2, 0.25) is 0 Å². The number of rotatable bonds is 4. The van der Waals surface area contributed by atoms with E-state index in [1.165, 1.54) is 51.7 Å². The summed E-state index contributed by atoms with van der Waals surface area (Å²) >= 11 is 0. The Morgan fingerprint density at radius 2 is 2.10 bits per heavy atom. The molecule has 1 saturated heterocycles. The lowest BCUT2D eigenvalue weighted by Gasteiger charge is -2.42. The standard InChI is InChI=1S/C16H28N4/c1-14-18-8-10-19(14)11-12-20-9-7-17-13-16(20)15-5-3-2-4-6-15/h8,10,15-17H,2-7,9,11-13H2,1H3. The SMILES string of the molecule is Cc1nccn1CCN1CCNCC1C1CCCCC1. The van der Waals surface area contributed by atoms with Crippen LogP contribution in [0.5, 0.6) is 0 Å². The van der Waals surface area contributed by atoms with E-state index in [1.54, 1.807) is 0 Å². The lowest BCUT2D eigenvalue weighted by molar-refractivity contribution is 0.0890. The van der Waals surface area contributed by atoms with Gasteiger partial charge in [-0.1, -0.05) is 19.3 Å². The fourth-order valence-corrected chi connectivity index (χ4v) is 3.91. The van der Waals surface area contributed by atoms with Crippen molar-refractivity contribution in [1.29, 1.82) is 0 Å². The average molecular weight is 276 g/mol. The highest BCUT2D eigenvalue weighted by Gasteiger charge is 2.30. The van der Waals surface area contributed by atoms with Crippen LogP contribution in [0.1, 0.15) is 37.9 Å². The Kier molecular flexibility index (Phi) is 4.73. The van der Waals surface area contributed by atoms with Crippen LogP contribution in [0.4, 0.5) is 0 Å². The van der Waals surface area contributed by atoms with Crippen LogP contribution in [-0.2, 0) is 6.54 Å². The maximum Gasteiger partial charge on any atom is 0.105 e. The predicted molar refractivity (Wildman–Crippen MR) is 81.8 cm³/mol. The Morgan fingerprint density at radius 3 is 2.85 bits per heavy atom. The van der Waals surface area contributed by atoms with Crippen molar-refractivity contribution in [3.63, 3.8) is 0 Å². The Morgan fingerprint density at radius 1 is 1.25 bits per heavy atom. The maximum atomic E-state index is 4.32. The zero-order valence-electron chi connectivity index (χ0n) is 12.7.